The second kappa shape index (κ2) is 9.14. The van der Waals surface area contributed by atoms with Crippen molar-refractivity contribution in [2.24, 2.45) is 0 Å². The molecule has 210 valence electrons. The lowest BCUT2D eigenvalue weighted by molar-refractivity contribution is -0.149. The van der Waals surface area contributed by atoms with Gasteiger partial charge in [-0.05, 0) is 42.0 Å². The molecule has 0 unspecified atom stereocenters. The molecule has 7 rings (SSSR count). The number of fused-ring (bicyclic) bond motifs is 8. The molecule has 0 amide bonds. The Morgan fingerprint density at radius 3 is 2.37 bits per heavy atom. The summed E-state index contributed by atoms with van der Waals surface area (Å²) in [5.74, 6) is 0.438. The van der Waals surface area contributed by atoms with Crippen molar-refractivity contribution in [2.45, 2.75) is 36.8 Å². The zero-order valence-corrected chi connectivity index (χ0v) is 22.3. The first kappa shape index (κ1) is 25.2. The third-order valence-electron chi connectivity index (χ3n) is 8.19. The Kier molecular flexibility index (Phi) is 5.62. The Morgan fingerprint density at radius 1 is 0.805 bits per heavy atom. The van der Waals surface area contributed by atoms with Crippen molar-refractivity contribution in [2.75, 3.05) is 14.2 Å². The van der Waals surface area contributed by atoms with Gasteiger partial charge in [-0.25, -0.2) is 0 Å². The van der Waals surface area contributed by atoms with E-state index in [-0.39, 0.29) is 29.6 Å². The van der Waals surface area contributed by atoms with Crippen LogP contribution in [-0.2, 0) is 12.2 Å². The summed E-state index contributed by atoms with van der Waals surface area (Å²) in [4.78, 5) is 0. The fraction of sp³-hybridized carbons (Fsp3) is 0.250. The molecule has 4 atom stereocenters. The van der Waals surface area contributed by atoms with Crippen LogP contribution in [0, 0.1) is 0 Å². The van der Waals surface area contributed by atoms with Crippen LogP contribution in [-0.4, -0.2) is 40.7 Å². The average molecular weight is 557 g/mol. The zero-order valence-electron chi connectivity index (χ0n) is 22.3. The van der Waals surface area contributed by atoms with Crippen molar-refractivity contribution in [1.29, 1.82) is 0 Å². The number of methoxy groups -OCH3 is 2. The third kappa shape index (κ3) is 3.80. The first-order chi connectivity index (χ1) is 19.8. The predicted octanol–water partition coefficient (Wildman–Crippen LogP) is 5.02. The van der Waals surface area contributed by atoms with Crippen molar-refractivity contribution in [3.05, 3.63) is 94.5 Å². The van der Waals surface area contributed by atoms with Crippen molar-refractivity contribution in [3.8, 4) is 46.0 Å². The lowest BCUT2D eigenvalue weighted by Crippen LogP contribution is -2.47. The van der Waals surface area contributed by atoms with E-state index >= 15 is 0 Å². The Labute approximate surface area is 235 Å². The number of ether oxygens (including phenoxy) is 5. The van der Waals surface area contributed by atoms with Gasteiger partial charge in [-0.2, -0.15) is 0 Å². The van der Waals surface area contributed by atoms with Gasteiger partial charge in [0.1, 0.15) is 29.1 Å². The van der Waals surface area contributed by atoms with E-state index in [9.17, 15) is 20.4 Å². The third-order valence-corrected chi connectivity index (χ3v) is 8.19. The van der Waals surface area contributed by atoms with E-state index in [2.05, 4.69) is 0 Å². The molecule has 4 N–H and O–H groups in total. The SMILES string of the molecule is COc1ccc([C@]23C[C@H](c4ccccc4O2)c2c(cc(O)c4c2O[C@H](c2ccc(O)c(O)c2)[C@@H](O)C4)O3)cc1OC. The number of hydrogen-bond donors (Lipinski definition) is 4. The summed E-state index contributed by atoms with van der Waals surface area (Å²) in [6.07, 6.45) is -1.34. The van der Waals surface area contributed by atoms with Crippen LogP contribution in [0.4, 0.5) is 0 Å². The van der Waals surface area contributed by atoms with Crippen LogP contribution in [0.5, 0.6) is 46.0 Å². The largest absolute Gasteiger partial charge is 0.507 e. The van der Waals surface area contributed by atoms with E-state index < -0.39 is 18.0 Å². The number of aliphatic hydroxyl groups is 1. The van der Waals surface area contributed by atoms with Gasteiger partial charge in [-0.3, -0.25) is 0 Å². The second-order valence-corrected chi connectivity index (χ2v) is 10.5. The monoisotopic (exact) mass is 556 g/mol. The van der Waals surface area contributed by atoms with Gasteiger partial charge in [0.05, 0.1) is 20.3 Å². The van der Waals surface area contributed by atoms with E-state index in [1.165, 1.54) is 12.1 Å². The molecular formula is C32H28O9. The molecule has 0 saturated carbocycles. The molecule has 3 aliphatic rings. The highest BCUT2D eigenvalue weighted by Gasteiger charge is 2.52. The van der Waals surface area contributed by atoms with Gasteiger partial charge >= 0.3 is 0 Å². The lowest BCUT2D eigenvalue weighted by atomic mass is 9.76. The molecule has 3 aliphatic heterocycles. The molecule has 0 aliphatic carbocycles. The van der Waals surface area contributed by atoms with Gasteiger partial charge in [0, 0.05) is 47.1 Å². The van der Waals surface area contributed by atoms with E-state index in [1.54, 1.807) is 32.4 Å². The molecule has 0 spiro atoms. The number of aromatic hydroxyl groups is 3. The van der Waals surface area contributed by atoms with Crippen molar-refractivity contribution < 1.29 is 44.1 Å². The summed E-state index contributed by atoms with van der Waals surface area (Å²) >= 11 is 0. The van der Waals surface area contributed by atoms with Crippen molar-refractivity contribution >= 4 is 0 Å². The van der Waals surface area contributed by atoms with E-state index in [4.69, 9.17) is 23.7 Å². The average Bonchev–Trinajstić information content (AvgIpc) is 2.98. The summed E-state index contributed by atoms with van der Waals surface area (Å²) < 4.78 is 30.7. The molecule has 3 heterocycles. The van der Waals surface area contributed by atoms with Crippen LogP contribution < -0.4 is 23.7 Å². The van der Waals surface area contributed by atoms with Crippen molar-refractivity contribution in [3.63, 3.8) is 0 Å². The Bertz CT molecular complexity index is 1680. The molecule has 9 nitrogen and oxygen atoms in total. The maximum absolute atomic E-state index is 11.1. The van der Waals surface area contributed by atoms with Crippen LogP contribution in [0.1, 0.15) is 46.3 Å². The van der Waals surface area contributed by atoms with Crippen LogP contribution >= 0.6 is 0 Å². The van der Waals surface area contributed by atoms with Gasteiger partial charge in [0.2, 0.25) is 0 Å². The second-order valence-electron chi connectivity index (χ2n) is 10.5. The standard InChI is InChI=1S/C32H28O9/c1-37-26-10-8-17(12-27(26)38-2)32-15-20(18-5-3-4-6-25(18)40-32)29-28(41-32)14-22(34)19-13-24(36)30(39-31(19)29)16-7-9-21(33)23(35)11-16/h3-12,14,20,24,30,33-36H,13,15H2,1-2H3/t20-,24+,30-,32-/m1/s1. The Morgan fingerprint density at radius 2 is 1.59 bits per heavy atom. The Balaban J connectivity index is 1.40. The van der Waals surface area contributed by atoms with Gasteiger partial charge < -0.3 is 44.1 Å². The minimum atomic E-state index is -1.23. The smallest absolute Gasteiger partial charge is 0.279 e. The van der Waals surface area contributed by atoms with E-state index in [0.717, 1.165) is 11.1 Å². The number of hydrogen-bond acceptors (Lipinski definition) is 9. The molecule has 4 aromatic carbocycles. The van der Waals surface area contributed by atoms with E-state index in [0.29, 0.717) is 51.9 Å². The Hall–Kier alpha value is -4.76. The summed E-state index contributed by atoms with van der Waals surface area (Å²) in [5, 5.41) is 42.0. The number of rotatable bonds is 4. The molecular weight excluding hydrogens is 528 g/mol. The number of aliphatic hydroxyl groups excluding tert-OH is 1. The maximum Gasteiger partial charge on any atom is 0.279 e. The highest BCUT2D eigenvalue weighted by atomic mass is 16.7. The topological polar surface area (TPSA) is 127 Å². The molecule has 0 radical (unpaired) electrons. The first-order valence-corrected chi connectivity index (χ1v) is 13.3. The summed E-state index contributed by atoms with van der Waals surface area (Å²) in [6.45, 7) is 0. The summed E-state index contributed by atoms with van der Waals surface area (Å²) in [7, 11) is 3.14. The minimum absolute atomic E-state index is 0.0690. The predicted molar refractivity (Wildman–Crippen MR) is 146 cm³/mol. The fourth-order valence-corrected chi connectivity index (χ4v) is 6.22. The normalized spacial score (nSPS) is 23.5. The van der Waals surface area contributed by atoms with Crippen LogP contribution in [0.2, 0.25) is 0 Å². The maximum atomic E-state index is 11.1. The van der Waals surface area contributed by atoms with E-state index in [1.807, 2.05) is 36.4 Å². The molecule has 9 heteroatoms. The number of phenols is 3. The molecule has 0 fully saturated rings. The van der Waals surface area contributed by atoms with Gasteiger partial charge in [0.25, 0.3) is 5.79 Å². The van der Waals surface area contributed by atoms with Gasteiger partial charge in [-0.1, -0.05) is 24.3 Å². The highest BCUT2D eigenvalue weighted by Crippen LogP contribution is 2.60. The summed E-state index contributed by atoms with van der Waals surface area (Å²) in [5.41, 5.74) is 3.35. The fourth-order valence-electron chi connectivity index (χ4n) is 6.22. The molecule has 4 aromatic rings. The van der Waals surface area contributed by atoms with Crippen LogP contribution in [0.25, 0.3) is 0 Å². The number of phenolic OH excluding ortho intramolecular Hbond substituents is 3. The van der Waals surface area contributed by atoms with Gasteiger partial charge in [-0.15, -0.1) is 0 Å². The number of benzene rings is 4. The molecule has 41 heavy (non-hydrogen) atoms. The zero-order chi connectivity index (χ0) is 28.5. The van der Waals surface area contributed by atoms with Gasteiger partial charge in [0.15, 0.2) is 23.0 Å². The van der Waals surface area contributed by atoms with Crippen molar-refractivity contribution in [1.82, 2.24) is 0 Å². The molecule has 2 bridgehead atoms. The highest BCUT2D eigenvalue weighted by molar-refractivity contribution is 5.65. The first-order valence-electron chi connectivity index (χ1n) is 13.3. The molecule has 0 aromatic heterocycles. The van der Waals surface area contributed by atoms with Crippen LogP contribution in [0.15, 0.2) is 66.7 Å². The lowest BCUT2D eigenvalue weighted by Gasteiger charge is -2.47. The minimum Gasteiger partial charge on any atom is -0.507 e. The molecule has 0 saturated heterocycles. The van der Waals surface area contributed by atoms with Crippen LogP contribution in [0.3, 0.4) is 0 Å². The quantitative estimate of drug-likeness (QED) is 0.256. The number of para-hydroxylation sites is 1. The summed E-state index contributed by atoms with van der Waals surface area (Å²) in [6, 6.07) is 19.1.